The van der Waals surface area contributed by atoms with Gasteiger partial charge < -0.3 is 21.1 Å². The van der Waals surface area contributed by atoms with Gasteiger partial charge in [-0.1, -0.05) is 0 Å². The van der Waals surface area contributed by atoms with E-state index in [9.17, 15) is 4.79 Å². The smallest absolute Gasteiger partial charge is 0.317 e. The molecule has 6 nitrogen and oxygen atoms in total. The van der Waals surface area contributed by atoms with Crippen LogP contribution in [0, 0.1) is 0 Å². The Morgan fingerprint density at radius 3 is 1.64 bits per heavy atom. The van der Waals surface area contributed by atoms with Gasteiger partial charge in [0, 0.05) is 26.2 Å². The summed E-state index contributed by atoms with van der Waals surface area (Å²) >= 11 is 3.64. The van der Waals surface area contributed by atoms with Crippen molar-refractivity contribution in [2.75, 3.05) is 13.2 Å². The number of carboxylic acid groups (broad SMARTS) is 1. The van der Waals surface area contributed by atoms with Crippen LogP contribution in [0.2, 0.25) is 0 Å². The molecule has 0 saturated heterocycles. The van der Waals surface area contributed by atoms with E-state index >= 15 is 0 Å². The molecule has 0 rings (SSSR count). The fourth-order valence-corrected chi connectivity index (χ4v) is 0. The molecule has 0 radical (unpaired) electrons. The predicted octanol–water partition coefficient (Wildman–Crippen LogP) is -2.66. The molecule has 6 N–H and O–H groups in total. The van der Waals surface area contributed by atoms with Gasteiger partial charge in [0.2, 0.25) is 0 Å². The van der Waals surface area contributed by atoms with Crippen LogP contribution < -0.4 is 5.73 Å². The molecule has 0 spiro atoms. The number of carboxylic acids is 1. The zero-order valence-corrected chi connectivity index (χ0v) is 10.4. The Morgan fingerprint density at radius 2 is 1.64 bits per heavy atom. The van der Waals surface area contributed by atoms with Crippen molar-refractivity contribution in [2.45, 2.75) is 13.0 Å². The fraction of sp³-hybridized carbons (Fsp3) is 0.800. The first kappa shape index (κ1) is 29.4. The SMILES string of the molecule is CC(O)CO.NCC(=O)O.OCl.[AlH3].[Zr]. The average Bonchev–Trinajstić information content (AvgIpc) is 2.09. The molecule has 0 amide bonds. The number of halogens is 1. The molecule has 1 unspecified atom stereocenters. The number of hydrogen-bond acceptors (Lipinski definition) is 5. The minimum Gasteiger partial charge on any atom is -0.480 e. The first-order valence-electron chi connectivity index (χ1n) is 2.92. The molecule has 0 aromatic heterocycles. The monoisotopic (exact) mass is 323 g/mol. The van der Waals surface area contributed by atoms with Gasteiger partial charge in [0.05, 0.1) is 31.1 Å². The van der Waals surface area contributed by atoms with E-state index in [2.05, 4.69) is 17.6 Å². The van der Waals surface area contributed by atoms with Gasteiger partial charge in [-0.05, 0) is 6.92 Å². The minimum atomic E-state index is -0.968. The maximum absolute atomic E-state index is 9.24. The van der Waals surface area contributed by atoms with E-state index in [1.54, 1.807) is 0 Å². The van der Waals surface area contributed by atoms with Crippen LogP contribution in [-0.2, 0) is 31.0 Å². The van der Waals surface area contributed by atoms with Crippen LogP contribution in [-0.4, -0.2) is 62.6 Å². The van der Waals surface area contributed by atoms with Crippen molar-refractivity contribution in [1.82, 2.24) is 0 Å². The molecule has 0 fully saturated rings. The summed E-state index contributed by atoms with van der Waals surface area (Å²) in [6.07, 6.45) is -0.560. The summed E-state index contributed by atoms with van der Waals surface area (Å²) in [6, 6.07) is 0. The van der Waals surface area contributed by atoms with E-state index < -0.39 is 12.1 Å². The maximum Gasteiger partial charge on any atom is 0.317 e. The van der Waals surface area contributed by atoms with Crippen LogP contribution in [0.25, 0.3) is 0 Å². The second-order valence-electron chi connectivity index (χ2n) is 1.63. The summed E-state index contributed by atoms with van der Waals surface area (Å²) in [6.45, 7) is 1.11. The number of rotatable bonds is 2. The Labute approximate surface area is 117 Å². The number of hydrogen-bond donors (Lipinski definition) is 5. The Morgan fingerprint density at radius 1 is 1.50 bits per heavy atom. The van der Waals surface area contributed by atoms with Crippen molar-refractivity contribution in [3.63, 3.8) is 0 Å². The van der Waals surface area contributed by atoms with E-state index in [1.165, 1.54) is 6.92 Å². The van der Waals surface area contributed by atoms with Crippen molar-refractivity contribution in [2.24, 2.45) is 5.73 Å². The first-order valence-corrected chi connectivity index (χ1v) is 3.26. The van der Waals surface area contributed by atoms with Gasteiger partial charge in [-0.2, -0.15) is 0 Å². The van der Waals surface area contributed by atoms with Crippen LogP contribution in [0.5, 0.6) is 0 Å². The molecule has 0 heterocycles. The van der Waals surface area contributed by atoms with Crippen LogP contribution in [0.3, 0.4) is 0 Å². The molecule has 1 atom stereocenters. The standard InChI is InChI=1S/C3H8O2.C2H5NO2.Al.ClHO.Zr.3H/c1-3(5)2-4;3-1-2(4)5;;1-2;;;;/h3-5H,2H2,1H3;1,3H2,(H,4,5);;2H;;;;. The summed E-state index contributed by atoms with van der Waals surface area (Å²) in [7, 11) is 0. The average molecular weight is 325 g/mol. The Kier molecular flexibility index (Phi) is 61.4. The number of aliphatic hydroxyl groups is 2. The van der Waals surface area contributed by atoms with Gasteiger partial charge >= 0.3 is 5.97 Å². The molecule has 0 aromatic carbocycles. The quantitative estimate of drug-likeness (QED) is 0.353. The summed E-state index contributed by atoms with van der Waals surface area (Å²) in [5.74, 6) is -0.968. The first-order chi connectivity index (χ1) is 5.54. The normalized spacial score (nSPS) is 8.43. The number of aliphatic carboxylic acids is 1. The van der Waals surface area contributed by atoms with Gasteiger partial charge in [-0.25, -0.2) is 0 Å². The van der Waals surface area contributed by atoms with E-state index in [1.807, 2.05) is 0 Å². The van der Waals surface area contributed by atoms with Gasteiger partial charge in [0.1, 0.15) is 0 Å². The van der Waals surface area contributed by atoms with Crippen LogP contribution >= 0.6 is 11.9 Å². The van der Waals surface area contributed by atoms with Gasteiger partial charge in [-0.3, -0.25) is 9.45 Å². The number of carbonyl (C=O) groups is 1. The fourth-order valence-electron chi connectivity index (χ4n) is 0. The molecule has 0 aliphatic carbocycles. The molecule has 0 aliphatic heterocycles. The molecule has 14 heavy (non-hydrogen) atoms. The van der Waals surface area contributed by atoms with Crippen molar-refractivity contribution in [3.8, 4) is 0 Å². The Bertz CT molecular complexity index is 100. The van der Waals surface area contributed by atoms with Crippen LogP contribution in [0.4, 0.5) is 0 Å². The summed E-state index contributed by atoms with van der Waals surface area (Å²) < 4.78 is 6.47. The van der Waals surface area contributed by atoms with Crippen molar-refractivity contribution < 1.29 is 51.0 Å². The molecule has 0 aliphatic rings. The molecule has 0 bridgehead atoms. The van der Waals surface area contributed by atoms with Crippen LogP contribution in [0.15, 0.2) is 0 Å². The third-order valence-corrected chi connectivity index (χ3v) is 0.439. The third kappa shape index (κ3) is 74.7. The molecule has 86 valence electrons. The van der Waals surface area contributed by atoms with E-state index in [0.717, 1.165) is 0 Å². The number of aliphatic hydroxyl groups excluding tert-OH is 2. The van der Waals surface area contributed by atoms with Crippen LogP contribution in [0.1, 0.15) is 6.92 Å². The van der Waals surface area contributed by atoms with Crippen molar-refractivity contribution in [1.29, 1.82) is 0 Å². The summed E-state index contributed by atoms with van der Waals surface area (Å²) in [5, 5.41) is 23.6. The van der Waals surface area contributed by atoms with Gasteiger partial charge in [-0.15, -0.1) is 0 Å². The summed E-state index contributed by atoms with van der Waals surface area (Å²) in [4.78, 5) is 9.24. The molecular formula is C5H17AlClNO5Zr. The number of nitrogens with two attached hydrogens (primary N) is 1. The minimum absolute atomic E-state index is 0. The maximum atomic E-state index is 9.24. The molecule has 9 heteroatoms. The second-order valence-corrected chi connectivity index (χ2v) is 1.63. The Hall–Kier alpha value is 1.02. The zero-order chi connectivity index (χ0) is 10.6. The Balaban J connectivity index is -0.0000000292. The van der Waals surface area contributed by atoms with Gasteiger partial charge in [0.25, 0.3) is 0 Å². The summed E-state index contributed by atoms with van der Waals surface area (Å²) in [5.41, 5.74) is 4.57. The van der Waals surface area contributed by atoms with E-state index in [-0.39, 0.29) is 56.7 Å². The second kappa shape index (κ2) is 29.2. The van der Waals surface area contributed by atoms with E-state index in [0.29, 0.717) is 0 Å². The van der Waals surface area contributed by atoms with Crippen molar-refractivity contribution in [3.05, 3.63) is 0 Å². The predicted molar refractivity (Wildman–Crippen MR) is 53.5 cm³/mol. The van der Waals surface area contributed by atoms with E-state index in [4.69, 9.17) is 20.0 Å². The van der Waals surface area contributed by atoms with Gasteiger partial charge in [0.15, 0.2) is 17.4 Å². The van der Waals surface area contributed by atoms with Crippen molar-refractivity contribution >= 4 is 35.2 Å². The third-order valence-electron chi connectivity index (χ3n) is 0.439. The zero-order valence-electron chi connectivity index (χ0n) is 7.14. The largest absolute Gasteiger partial charge is 0.480 e. The molecule has 0 saturated carbocycles. The molecular weight excluding hydrogens is 308 g/mol. The molecule has 0 aromatic rings. The topological polar surface area (TPSA) is 124 Å².